The first-order valence-electron chi connectivity index (χ1n) is 11.6. The average Bonchev–Trinajstić information content (AvgIpc) is 3.12. The van der Waals surface area contributed by atoms with Crippen LogP contribution in [-0.2, 0) is 4.79 Å². The minimum atomic E-state index is -1.00. The number of carboxylic acids is 1. The number of aliphatic carboxylic acids is 1. The summed E-state index contributed by atoms with van der Waals surface area (Å²) in [5.41, 5.74) is 10.2. The Kier molecular flexibility index (Phi) is 17.8. The summed E-state index contributed by atoms with van der Waals surface area (Å²) < 4.78 is 0. The van der Waals surface area contributed by atoms with Crippen molar-refractivity contribution in [2.75, 3.05) is 26.8 Å². The first-order valence-corrected chi connectivity index (χ1v) is 11.6. The fourth-order valence-corrected chi connectivity index (χ4v) is 3.20. The molecule has 0 radical (unpaired) electrons. The van der Waals surface area contributed by atoms with Gasteiger partial charge in [-0.1, -0.05) is 64.7 Å². The summed E-state index contributed by atoms with van der Waals surface area (Å²) in [5.74, 6) is -1.11. The third kappa shape index (κ3) is 18.1. The number of guanidine groups is 1. The third-order valence-corrected chi connectivity index (χ3v) is 5.06. The lowest BCUT2D eigenvalue weighted by atomic mass is 10.1. The molecule has 0 unspecified atom stereocenters. The predicted octanol–water partition coefficient (Wildman–Crippen LogP) is 3.24. The van der Waals surface area contributed by atoms with Gasteiger partial charge in [0.05, 0.1) is 6.67 Å². The zero-order chi connectivity index (χ0) is 22.6. The lowest BCUT2D eigenvalue weighted by Gasteiger charge is -2.17. The highest BCUT2D eigenvalue weighted by Crippen LogP contribution is 2.11. The van der Waals surface area contributed by atoms with Crippen molar-refractivity contribution in [3.63, 3.8) is 0 Å². The largest absolute Gasteiger partial charge is 0.480 e. The number of carbonyl (C=O) groups is 1. The van der Waals surface area contributed by atoms with E-state index in [0.717, 1.165) is 6.67 Å². The molecule has 0 saturated heterocycles. The second-order valence-corrected chi connectivity index (χ2v) is 8.12. The number of nitrogens with one attached hydrogen (secondary N) is 2. The van der Waals surface area contributed by atoms with Gasteiger partial charge in [-0.05, 0) is 19.3 Å². The topological polar surface area (TPSA) is 132 Å². The Morgan fingerprint density at radius 3 is 2.10 bits per heavy atom. The zero-order valence-electron chi connectivity index (χ0n) is 19.2. The number of hydrogen-bond acceptors (Lipinski definition) is 5. The Morgan fingerprint density at radius 2 is 1.63 bits per heavy atom. The molecule has 1 rings (SSSR count). The summed E-state index contributed by atoms with van der Waals surface area (Å²) in [7, 11) is 2.13. The van der Waals surface area contributed by atoms with Crippen LogP contribution in [0.5, 0.6) is 0 Å². The monoisotopic (exact) mass is 426 g/mol. The molecule has 0 aromatic rings. The van der Waals surface area contributed by atoms with Crippen molar-refractivity contribution in [3.05, 3.63) is 12.4 Å². The number of unbranched alkanes of at least 4 members (excludes halogenated alkanes) is 9. The first-order chi connectivity index (χ1) is 14.4. The highest BCUT2D eigenvalue weighted by atomic mass is 16.4. The summed E-state index contributed by atoms with van der Waals surface area (Å²) in [4.78, 5) is 14.9. The first kappa shape index (κ1) is 28.0. The standard InChI is InChI=1S/C16H32N2.C6H14N4O2/c1-3-4-5-6-7-8-9-10-11-12-13-18-15-14-17(2)16-18;7-4(5(11)12)2-1-3-10-6(8)9/h14-15H,3-13,16H2,1-2H3;4H,1-3,7H2,(H,11,12)(H4,8,9,10)/t;4-/m.0/s1. The Morgan fingerprint density at radius 1 is 1.07 bits per heavy atom. The van der Waals surface area contributed by atoms with Crippen LogP contribution in [0.1, 0.15) is 84.0 Å². The van der Waals surface area contributed by atoms with Gasteiger partial charge in [0.15, 0.2) is 5.96 Å². The molecular formula is C22H46N6O2. The van der Waals surface area contributed by atoms with Crippen LogP contribution in [0.3, 0.4) is 0 Å². The van der Waals surface area contributed by atoms with Crippen LogP contribution in [0.4, 0.5) is 0 Å². The summed E-state index contributed by atoms with van der Waals surface area (Å²) in [5, 5.41) is 17.7. The Hall–Kier alpha value is -1.96. The van der Waals surface area contributed by atoms with Crippen molar-refractivity contribution < 1.29 is 9.90 Å². The van der Waals surface area contributed by atoms with Crippen LogP contribution in [0.25, 0.3) is 0 Å². The van der Waals surface area contributed by atoms with Gasteiger partial charge in [0, 0.05) is 32.5 Å². The molecule has 8 nitrogen and oxygen atoms in total. The van der Waals surface area contributed by atoms with Crippen LogP contribution in [0.15, 0.2) is 12.4 Å². The smallest absolute Gasteiger partial charge is 0.320 e. The molecule has 1 heterocycles. The molecule has 30 heavy (non-hydrogen) atoms. The molecule has 7 N–H and O–H groups in total. The van der Waals surface area contributed by atoms with Crippen LogP contribution < -0.4 is 16.8 Å². The van der Waals surface area contributed by atoms with E-state index < -0.39 is 12.0 Å². The molecule has 0 saturated carbocycles. The fourth-order valence-electron chi connectivity index (χ4n) is 3.20. The summed E-state index contributed by atoms with van der Waals surface area (Å²) in [6, 6.07) is -0.821. The van der Waals surface area contributed by atoms with Crippen molar-refractivity contribution >= 4 is 11.9 Å². The maximum atomic E-state index is 10.2. The lowest BCUT2D eigenvalue weighted by molar-refractivity contribution is -0.138. The van der Waals surface area contributed by atoms with E-state index in [0.29, 0.717) is 19.4 Å². The molecule has 0 spiro atoms. The maximum absolute atomic E-state index is 10.2. The van der Waals surface area contributed by atoms with Crippen molar-refractivity contribution in [1.29, 1.82) is 5.41 Å². The Bertz CT molecular complexity index is 473. The van der Waals surface area contributed by atoms with E-state index in [1.165, 1.54) is 70.8 Å². The number of nitrogens with zero attached hydrogens (tertiary/aromatic N) is 2. The van der Waals surface area contributed by atoms with Gasteiger partial charge in [0.25, 0.3) is 0 Å². The summed E-state index contributed by atoms with van der Waals surface area (Å²) >= 11 is 0. The van der Waals surface area contributed by atoms with Gasteiger partial charge in [-0.25, -0.2) is 0 Å². The van der Waals surface area contributed by atoms with Crippen molar-refractivity contribution in [2.24, 2.45) is 11.5 Å². The van der Waals surface area contributed by atoms with E-state index in [2.05, 4.69) is 41.5 Å². The highest BCUT2D eigenvalue weighted by molar-refractivity contribution is 5.74. The van der Waals surface area contributed by atoms with Crippen LogP contribution in [0, 0.1) is 5.41 Å². The van der Waals surface area contributed by atoms with E-state index in [9.17, 15) is 4.79 Å². The highest BCUT2D eigenvalue weighted by Gasteiger charge is 2.09. The van der Waals surface area contributed by atoms with Crippen molar-refractivity contribution in [3.8, 4) is 0 Å². The molecule has 0 aromatic carbocycles. The van der Waals surface area contributed by atoms with E-state index >= 15 is 0 Å². The minimum absolute atomic E-state index is 0.112. The Balaban J connectivity index is 0.000000612. The van der Waals surface area contributed by atoms with E-state index in [-0.39, 0.29) is 5.96 Å². The van der Waals surface area contributed by atoms with Gasteiger partial charge in [-0.3, -0.25) is 10.2 Å². The minimum Gasteiger partial charge on any atom is -0.480 e. The predicted molar refractivity (Wildman–Crippen MR) is 125 cm³/mol. The lowest BCUT2D eigenvalue weighted by Crippen LogP contribution is -2.34. The molecular weight excluding hydrogens is 380 g/mol. The van der Waals surface area contributed by atoms with Gasteiger partial charge in [-0.2, -0.15) is 0 Å². The van der Waals surface area contributed by atoms with Gasteiger partial charge in [0.2, 0.25) is 0 Å². The second kappa shape index (κ2) is 19.0. The molecule has 0 fully saturated rings. The Labute approximate surface area is 183 Å². The number of nitrogens with two attached hydrogens (primary N) is 2. The van der Waals surface area contributed by atoms with Gasteiger partial charge >= 0.3 is 5.97 Å². The van der Waals surface area contributed by atoms with E-state index in [4.69, 9.17) is 22.0 Å². The third-order valence-electron chi connectivity index (χ3n) is 5.06. The van der Waals surface area contributed by atoms with E-state index in [1.807, 2.05) is 0 Å². The van der Waals surface area contributed by atoms with Crippen LogP contribution in [-0.4, -0.2) is 59.7 Å². The second-order valence-electron chi connectivity index (χ2n) is 8.12. The van der Waals surface area contributed by atoms with Crippen LogP contribution >= 0.6 is 0 Å². The zero-order valence-corrected chi connectivity index (χ0v) is 19.2. The molecule has 8 heteroatoms. The molecule has 0 aliphatic carbocycles. The SMILES string of the molecule is CCCCCCCCCCCCN1C=CN(C)C1.N=C(N)NCCC[C@H](N)C(=O)O. The molecule has 176 valence electrons. The molecule has 0 aromatic heterocycles. The van der Waals surface area contributed by atoms with Crippen LogP contribution in [0.2, 0.25) is 0 Å². The molecule has 1 atom stereocenters. The molecule has 1 aliphatic heterocycles. The average molecular weight is 427 g/mol. The molecule has 0 amide bonds. The molecule has 1 aliphatic rings. The van der Waals surface area contributed by atoms with Crippen molar-refractivity contribution in [2.45, 2.75) is 90.0 Å². The van der Waals surface area contributed by atoms with E-state index in [1.54, 1.807) is 0 Å². The number of rotatable bonds is 16. The number of carboxylic acid groups (broad SMARTS) is 1. The maximum Gasteiger partial charge on any atom is 0.320 e. The normalized spacial score (nSPS) is 13.7. The van der Waals surface area contributed by atoms with Gasteiger partial charge in [-0.15, -0.1) is 0 Å². The fraction of sp³-hybridized carbons (Fsp3) is 0.818. The number of hydrogen-bond donors (Lipinski definition) is 5. The quantitative estimate of drug-likeness (QED) is 0.145. The van der Waals surface area contributed by atoms with Gasteiger partial charge < -0.3 is 31.7 Å². The summed E-state index contributed by atoms with van der Waals surface area (Å²) in [6.07, 6.45) is 19.6. The van der Waals surface area contributed by atoms with Gasteiger partial charge in [0.1, 0.15) is 6.04 Å². The molecule has 0 bridgehead atoms. The summed E-state index contributed by atoms with van der Waals surface area (Å²) in [6.45, 7) is 5.08. The van der Waals surface area contributed by atoms with Crippen molar-refractivity contribution in [1.82, 2.24) is 15.1 Å².